The smallest absolute Gasteiger partial charge is 0.277 e. The summed E-state index contributed by atoms with van der Waals surface area (Å²) in [6.07, 6.45) is 3.50. The SMILES string of the molecule is CC.CC1COc2ccc(C#CO)cc2-c2nc(C(N)=O)sc21.Cc1ccno1. The van der Waals surface area contributed by atoms with Gasteiger partial charge in [0.05, 0.1) is 18.5 Å². The number of aliphatic hydroxyl groups excluding tert-OH is 1. The Hall–Kier alpha value is -3.31. The van der Waals surface area contributed by atoms with Gasteiger partial charge in [0.25, 0.3) is 5.91 Å². The standard InChI is InChI=1S/C15H12N2O3S.C4H5NO.C2H6/c1-8-7-20-11-3-2-9(4-5-18)6-10(11)12-13(8)21-15(17-12)14(16)19;1-4-2-3-5-6-4;1-2/h2-3,6,8,18H,7H2,1H3,(H2,16,19);2-3H,1H3;1-2H3. The minimum atomic E-state index is -0.533. The fourth-order valence-electron chi connectivity index (χ4n) is 2.52. The van der Waals surface area contributed by atoms with Crippen LogP contribution in [0.4, 0.5) is 0 Å². The molecule has 7 nitrogen and oxygen atoms in total. The van der Waals surface area contributed by atoms with Crippen LogP contribution in [0.15, 0.2) is 35.0 Å². The molecule has 0 saturated heterocycles. The van der Waals surface area contributed by atoms with Crippen LogP contribution >= 0.6 is 11.3 Å². The first-order chi connectivity index (χ1) is 14.0. The molecule has 0 bridgehead atoms. The summed E-state index contributed by atoms with van der Waals surface area (Å²) in [5, 5.41) is 12.5. The Kier molecular flexibility index (Phi) is 7.80. The highest BCUT2D eigenvalue weighted by atomic mass is 32.1. The molecule has 0 aliphatic carbocycles. The van der Waals surface area contributed by atoms with Gasteiger partial charge in [-0.05, 0) is 31.0 Å². The summed E-state index contributed by atoms with van der Waals surface area (Å²) < 4.78 is 10.4. The van der Waals surface area contributed by atoms with Gasteiger partial charge in [0.15, 0.2) is 5.01 Å². The van der Waals surface area contributed by atoms with E-state index in [1.54, 1.807) is 30.5 Å². The minimum Gasteiger partial charge on any atom is -0.492 e. The molecular formula is C21H23N3O4S. The number of amides is 1. The van der Waals surface area contributed by atoms with E-state index in [1.165, 1.54) is 11.3 Å². The molecule has 1 aliphatic heterocycles. The normalized spacial score (nSPS) is 13.4. The van der Waals surface area contributed by atoms with E-state index in [0.717, 1.165) is 16.2 Å². The Bertz CT molecular complexity index is 1020. The van der Waals surface area contributed by atoms with Gasteiger partial charge >= 0.3 is 0 Å². The third kappa shape index (κ3) is 5.36. The Morgan fingerprint density at radius 2 is 2.10 bits per heavy atom. The maximum absolute atomic E-state index is 11.4. The number of fused-ring (bicyclic) bond motifs is 3. The van der Waals surface area contributed by atoms with E-state index in [9.17, 15) is 4.79 Å². The zero-order valence-electron chi connectivity index (χ0n) is 16.7. The number of rotatable bonds is 1. The van der Waals surface area contributed by atoms with Crippen molar-refractivity contribution < 1.29 is 19.2 Å². The van der Waals surface area contributed by atoms with Crippen LogP contribution in [0.2, 0.25) is 0 Å². The van der Waals surface area contributed by atoms with Crippen LogP contribution < -0.4 is 10.5 Å². The predicted molar refractivity (Wildman–Crippen MR) is 111 cm³/mol. The second-order valence-corrected chi connectivity index (χ2v) is 6.91. The molecular weight excluding hydrogens is 390 g/mol. The molecule has 3 aromatic rings. The number of aromatic nitrogens is 2. The molecule has 0 fully saturated rings. The number of carbonyl (C=O) groups is 1. The zero-order valence-corrected chi connectivity index (χ0v) is 17.5. The second kappa shape index (κ2) is 10.3. The molecule has 1 unspecified atom stereocenters. The molecule has 1 aliphatic rings. The van der Waals surface area contributed by atoms with Gasteiger partial charge in [-0.1, -0.05) is 25.9 Å². The lowest BCUT2D eigenvalue weighted by atomic mass is 10.0. The van der Waals surface area contributed by atoms with Crippen molar-refractivity contribution in [3.05, 3.63) is 51.7 Å². The Labute approximate surface area is 173 Å². The maximum atomic E-state index is 11.4. The molecule has 0 spiro atoms. The first-order valence-corrected chi connectivity index (χ1v) is 9.91. The summed E-state index contributed by atoms with van der Waals surface area (Å²) in [5.74, 6) is 3.71. The molecule has 2 aromatic heterocycles. The quantitative estimate of drug-likeness (QED) is 0.581. The molecule has 3 heterocycles. The monoisotopic (exact) mass is 413 g/mol. The summed E-state index contributed by atoms with van der Waals surface area (Å²) in [6, 6.07) is 7.15. The van der Waals surface area contributed by atoms with E-state index in [4.69, 9.17) is 15.6 Å². The van der Waals surface area contributed by atoms with Crippen molar-refractivity contribution in [1.29, 1.82) is 0 Å². The van der Waals surface area contributed by atoms with Gasteiger partial charge in [-0.25, -0.2) is 4.98 Å². The zero-order chi connectivity index (χ0) is 21.4. The molecule has 0 saturated carbocycles. The number of nitrogens with two attached hydrogens (primary N) is 1. The van der Waals surface area contributed by atoms with Crippen LogP contribution in [-0.2, 0) is 0 Å². The number of aliphatic hydroxyl groups is 1. The number of primary amides is 1. The molecule has 29 heavy (non-hydrogen) atoms. The number of ether oxygens (including phenoxy) is 1. The van der Waals surface area contributed by atoms with E-state index in [2.05, 4.69) is 20.6 Å². The number of aryl methyl sites for hydroxylation is 1. The highest BCUT2D eigenvalue weighted by Gasteiger charge is 2.26. The van der Waals surface area contributed by atoms with Gasteiger partial charge in [-0.15, -0.1) is 11.3 Å². The van der Waals surface area contributed by atoms with Gasteiger partial charge in [0.2, 0.25) is 0 Å². The number of thiazole rings is 1. The number of carbonyl (C=O) groups excluding carboxylic acids is 1. The lowest BCUT2D eigenvalue weighted by Gasteiger charge is -2.08. The average molecular weight is 413 g/mol. The van der Waals surface area contributed by atoms with Crippen LogP contribution in [0.1, 0.15) is 52.7 Å². The molecule has 4 rings (SSSR count). The molecule has 1 atom stereocenters. The third-order valence-corrected chi connectivity index (χ3v) is 5.10. The van der Waals surface area contributed by atoms with Gasteiger partial charge in [0.1, 0.15) is 17.6 Å². The minimum absolute atomic E-state index is 0.116. The molecule has 1 amide bonds. The Morgan fingerprint density at radius 3 is 2.66 bits per heavy atom. The van der Waals surface area contributed by atoms with E-state index < -0.39 is 5.91 Å². The van der Waals surface area contributed by atoms with Crippen molar-refractivity contribution in [1.82, 2.24) is 10.1 Å². The van der Waals surface area contributed by atoms with E-state index >= 15 is 0 Å². The molecule has 0 radical (unpaired) electrons. The van der Waals surface area contributed by atoms with E-state index in [-0.39, 0.29) is 5.92 Å². The highest BCUT2D eigenvalue weighted by molar-refractivity contribution is 7.14. The topological polar surface area (TPSA) is 111 Å². The maximum Gasteiger partial charge on any atom is 0.277 e. The molecule has 152 valence electrons. The summed E-state index contributed by atoms with van der Waals surface area (Å²) in [5.41, 5.74) is 7.44. The first-order valence-electron chi connectivity index (χ1n) is 9.09. The summed E-state index contributed by atoms with van der Waals surface area (Å²) in [7, 11) is 0. The number of hydrogen-bond acceptors (Lipinski definition) is 7. The average Bonchev–Trinajstić information content (AvgIpc) is 3.36. The van der Waals surface area contributed by atoms with Crippen LogP contribution in [-0.4, -0.2) is 27.8 Å². The van der Waals surface area contributed by atoms with Crippen LogP contribution in [0.5, 0.6) is 5.75 Å². The van der Waals surface area contributed by atoms with Crippen LogP contribution in [0.3, 0.4) is 0 Å². The van der Waals surface area contributed by atoms with E-state index in [0.29, 0.717) is 28.6 Å². The van der Waals surface area contributed by atoms with Gasteiger partial charge in [-0.2, -0.15) is 0 Å². The fourth-order valence-corrected chi connectivity index (χ4v) is 3.48. The Morgan fingerprint density at radius 1 is 1.34 bits per heavy atom. The first kappa shape index (κ1) is 22.0. The van der Waals surface area contributed by atoms with Crippen LogP contribution in [0, 0.1) is 19.0 Å². The van der Waals surface area contributed by atoms with Crippen molar-refractivity contribution >= 4 is 17.2 Å². The Balaban J connectivity index is 0.000000317. The van der Waals surface area contributed by atoms with E-state index in [1.807, 2.05) is 33.8 Å². The van der Waals surface area contributed by atoms with Crippen molar-refractivity contribution in [2.24, 2.45) is 5.73 Å². The van der Waals surface area contributed by atoms with Crippen LogP contribution in [0.25, 0.3) is 11.3 Å². The molecule has 8 heteroatoms. The number of benzene rings is 1. The summed E-state index contributed by atoms with van der Waals surface area (Å²) in [6.45, 7) is 8.38. The third-order valence-electron chi connectivity index (χ3n) is 3.80. The highest BCUT2D eigenvalue weighted by Crippen LogP contribution is 2.41. The predicted octanol–water partition coefficient (Wildman–Crippen LogP) is 4.10. The lowest BCUT2D eigenvalue weighted by Crippen LogP contribution is -2.10. The fraction of sp³-hybridized carbons (Fsp3) is 0.286. The summed E-state index contributed by atoms with van der Waals surface area (Å²) >= 11 is 1.30. The molecule has 3 N–H and O–H groups in total. The second-order valence-electron chi connectivity index (χ2n) is 5.88. The van der Waals surface area contributed by atoms with Gasteiger partial charge < -0.3 is 20.1 Å². The van der Waals surface area contributed by atoms with Crippen molar-refractivity contribution in [3.63, 3.8) is 0 Å². The van der Waals surface area contributed by atoms with Gasteiger partial charge in [-0.3, -0.25) is 4.79 Å². The number of nitrogens with zero attached hydrogens (tertiary/aromatic N) is 2. The largest absolute Gasteiger partial charge is 0.492 e. The van der Waals surface area contributed by atoms with Crippen molar-refractivity contribution in [2.45, 2.75) is 33.6 Å². The lowest BCUT2D eigenvalue weighted by molar-refractivity contribution is 0.1000. The van der Waals surface area contributed by atoms with Gasteiger partial charge in [0, 0.05) is 28.0 Å². The summed E-state index contributed by atoms with van der Waals surface area (Å²) in [4.78, 5) is 16.7. The number of hydrogen-bond donors (Lipinski definition) is 2. The molecule has 1 aromatic carbocycles. The van der Waals surface area contributed by atoms with Crippen molar-refractivity contribution in [2.75, 3.05) is 6.61 Å². The van der Waals surface area contributed by atoms with Crippen molar-refractivity contribution in [3.8, 4) is 29.0 Å².